The fourth-order valence-corrected chi connectivity index (χ4v) is 3.21. The summed E-state index contributed by atoms with van der Waals surface area (Å²) in [6.07, 6.45) is 1.11. The van der Waals surface area contributed by atoms with Gasteiger partial charge >= 0.3 is 0 Å². The van der Waals surface area contributed by atoms with Gasteiger partial charge in [-0.1, -0.05) is 12.1 Å². The molecule has 5 heteroatoms. The summed E-state index contributed by atoms with van der Waals surface area (Å²) in [6, 6.07) is 7.92. The van der Waals surface area contributed by atoms with Crippen molar-refractivity contribution in [3.05, 3.63) is 24.3 Å². The number of nitrogens with one attached hydrogen (secondary N) is 1. The van der Waals surface area contributed by atoms with E-state index in [4.69, 9.17) is 0 Å². The summed E-state index contributed by atoms with van der Waals surface area (Å²) in [6.45, 7) is 6.49. The van der Waals surface area contributed by atoms with Gasteiger partial charge in [-0.05, 0) is 39.3 Å². The van der Waals surface area contributed by atoms with E-state index in [0.29, 0.717) is 25.1 Å². The first-order valence-electron chi connectivity index (χ1n) is 7.20. The van der Waals surface area contributed by atoms with Gasteiger partial charge in [-0.3, -0.25) is 9.59 Å². The molecule has 1 aliphatic rings. The first-order chi connectivity index (χ1) is 9.87. The molecule has 0 saturated heterocycles. The Kier molecular flexibility index (Phi) is 4.93. The Balaban J connectivity index is 1.91. The molecule has 1 aromatic carbocycles. The Labute approximate surface area is 130 Å². The van der Waals surface area contributed by atoms with Gasteiger partial charge < -0.3 is 10.2 Å². The average Bonchev–Trinajstić information content (AvgIpc) is 2.39. The standard InChI is InChI=1S/C16H22N2O2S/c1-16(2,3)17-14(19)9-6-10-18-12-7-4-5-8-13(12)21-11-15(18)20/h4-5,7-8H,6,9-11H2,1-3H3,(H,17,19). The molecule has 114 valence electrons. The summed E-state index contributed by atoms with van der Waals surface area (Å²) in [5, 5.41) is 2.94. The highest BCUT2D eigenvalue weighted by Gasteiger charge is 2.24. The molecule has 0 atom stereocenters. The number of anilines is 1. The van der Waals surface area contributed by atoms with Crippen LogP contribution < -0.4 is 10.2 Å². The van der Waals surface area contributed by atoms with E-state index < -0.39 is 0 Å². The maximum atomic E-state index is 12.1. The Morgan fingerprint density at radius 1 is 1.33 bits per heavy atom. The van der Waals surface area contributed by atoms with E-state index in [1.165, 1.54) is 0 Å². The minimum absolute atomic E-state index is 0.0367. The minimum atomic E-state index is -0.207. The summed E-state index contributed by atoms with van der Waals surface area (Å²) >= 11 is 1.58. The van der Waals surface area contributed by atoms with Crippen LogP contribution in [0.1, 0.15) is 33.6 Å². The van der Waals surface area contributed by atoms with Crippen LogP contribution in [0.4, 0.5) is 5.69 Å². The van der Waals surface area contributed by atoms with Crippen molar-refractivity contribution in [1.29, 1.82) is 0 Å². The molecule has 0 aliphatic carbocycles. The minimum Gasteiger partial charge on any atom is -0.352 e. The second kappa shape index (κ2) is 6.52. The van der Waals surface area contributed by atoms with Gasteiger partial charge in [0.2, 0.25) is 11.8 Å². The number of thioether (sulfide) groups is 1. The molecule has 0 bridgehead atoms. The topological polar surface area (TPSA) is 49.4 Å². The van der Waals surface area contributed by atoms with Gasteiger partial charge in [0.05, 0.1) is 11.4 Å². The Morgan fingerprint density at radius 3 is 2.76 bits per heavy atom. The van der Waals surface area contributed by atoms with Crippen molar-refractivity contribution in [3.63, 3.8) is 0 Å². The number of para-hydroxylation sites is 1. The van der Waals surface area contributed by atoms with Crippen molar-refractivity contribution in [3.8, 4) is 0 Å². The van der Waals surface area contributed by atoms with Crippen molar-refractivity contribution in [2.24, 2.45) is 0 Å². The van der Waals surface area contributed by atoms with Crippen LogP contribution in [0.3, 0.4) is 0 Å². The second-order valence-corrected chi connectivity index (χ2v) is 7.22. The number of rotatable bonds is 4. The molecule has 2 rings (SSSR count). The quantitative estimate of drug-likeness (QED) is 0.930. The number of hydrogen-bond donors (Lipinski definition) is 1. The maximum absolute atomic E-state index is 12.1. The Hall–Kier alpha value is -1.49. The van der Waals surface area contributed by atoms with E-state index in [1.807, 2.05) is 45.0 Å². The lowest BCUT2D eigenvalue weighted by Crippen LogP contribution is -2.41. The molecule has 1 aromatic rings. The molecule has 4 nitrogen and oxygen atoms in total. The summed E-state index contributed by atoms with van der Waals surface area (Å²) in [4.78, 5) is 26.8. The van der Waals surface area contributed by atoms with Crippen LogP contribution in [0.5, 0.6) is 0 Å². The highest BCUT2D eigenvalue weighted by molar-refractivity contribution is 8.00. The first kappa shape index (κ1) is 15.9. The van der Waals surface area contributed by atoms with Crippen molar-refractivity contribution in [1.82, 2.24) is 5.32 Å². The van der Waals surface area contributed by atoms with Gasteiger partial charge in [0.15, 0.2) is 0 Å². The van der Waals surface area contributed by atoms with Crippen molar-refractivity contribution >= 4 is 29.3 Å². The van der Waals surface area contributed by atoms with Crippen LogP contribution >= 0.6 is 11.8 Å². The fraction of sp³-hybridized carbons (Fsp3) is 0.500. The third kappa shape index (κ3) is 4.49. The van der Waals surface area contributed by atoms with Crippen molar-refractivity contribution in [2.45, 2.75) is 44.0 Å². The van der Waals surface area contributed by atoms with Gasteiger partial charge in [-0.15, -0.1) is 11.8 Å². The Morgan fingerprint density at radius 2 is 2.05 bits per heavy atom. The molecule has 0 unspecified atom stereocenters. The third-order valence-electron chi connectivity index (χ3n) is 3.11. The van der Waals surface area contributed by atoms with Crippen molar-refractivity contribution < 1.29 is 9.59 Å². The highest BCUT2D eigenvalue weighted by atomic mass is 32.2. The van der Waals surface area contributed by atoms with Crippen LogP contribution in [0.15, 0.2) is 29.2 Å². The Bertz CT molecular complexity index is 537. The number of hydrogen-bond acceptors (Lipinski definition) is 3. The number of nitrogens with zero attached hydrogens (tertiary/aromatic N) is 1. The summed E-state index contributed by atoms with van der Waals surface area (Å²) in [7, 11) is 0. The van der Waals surface area contributed by atoms with Crippen LogP contribution in [-0.4, -0.2) is 29.7 Å². The average molecular weight is 306 g/mol. The number of carbonyl (C=O) groups is 2. The molecule has 1 aliphatic heterocycles. The highest BCUT2D eigenvalue weighted by Crippen LogP contribution is 2.34. The first-order valence-corrected chi connectivity index (χ1v) is 8.18. The monoisotopic (exact) mass is 306 g/mol. The maximum Gasteiger partial charge on any atom is 0.237 e. The lowest BCUT2D eigenvalue weighted by molar-refractivity contribution is -0.122. The molecule has 0 saturated carbocycles. The molecule has 0 spiro atoms. The molecule has 1 heterocycles. The molecule has 0 radical (unpaired) electrons. The predicted molar refractivity (Wildman–Crippen MR) is 86.6 cm³/mol. The van der Waals surface area contributed by atoms with Gasteiger partial charge in [0, 0.05) is 23.4 Å². The van der Waals surface area contributed by atoms with Gasteiger partial charge in [-0.25, -0.2) is 0 Å². The molecule has 1 N–H and O–H groups in total. The van der Waals surface area contributed by atoms with E-state index in [1.54, 1.807) is 16.7 Å². The smallest absolute Gasteiger partial charge is 0.237 e. The fourth-order valence-electron chi connectivity index (χ4n) is 2.28. The van der Waals surface area contributed by atoms with Crippen molar-refractivity contribution in [2.75, 3.05) is 17.2 Å². The number of carbonyl (C=O) groups excluding carboxylic acids is 2. The zero-order valence-corrected chi connectivity index (χ0v) is 13.6. The molecule has 0 aromatic heterocycles. The largest absolute Gasteiger partial charge is 0.352 e. The molecule has 0 fully saturated rings. The van der Waals surface area contributed by atoms with Gasteiger partial charge in [0.1, 0.15) is 0 Å². The van der Waals surface area contributed by atoms with Crippen LogP contribution in [-0.2, 0) is 9.59 Å². The number of benzene rings is 1. The second-order valence-electron chi connectivity index (χ2n) is 6.20. The lowest BCUT2D eigenvalue weighted by Gasteiger charge is -2.29. The van der Waals surface area contributed by atoms with Gasteiger partial charge in [-0.2, -0.15) is 0 Å². The molecular formula is C16H22N2O2S. The lowest BCUT2D eigenvalue weighted by atomic mass is 10.1. The van der Waals surface area contributed by atoms with Gasteiger partial charge in [0.25, 0.3) is 0 Å². The summed E-state index contributed by atoms with van der Waals surface area (Å²) in [5.74, 6) is 0.634. The molecular weight excluding hydrogens is 284 g/mol. The van der Waals surface area contributed by atoms with Crippen LogP contribution in [0, 0.1) is 0 Å². The van der Waals surface area contributed by atoms with Crippen LogP contribution in [0.2, 0.25) is 0 Å². The van der Waals surface area contributed by atoms with E-state index >= 15 is 0 Å². The SMILES string of the molecule is CC(C)(C)NC(=O)CCCN1C(=O)CSc2ccccc21. The number of amides is 2. The summed E-state index contributed by atoms with van der Waals surface area (Å²) < 4.78 is 0. The molecule has 21 heavy (non-hydrogen) atoms. The zero-order valence-electron chi connectivity index (χ0n) is 12.8. The van der Waals surface area contributed by atoms with E-state index in [-0.39, 0.29) is 17.4 Å². The van der Waals surface area contributed by atoms with E-state index in [9.17, 15) is 9.59 Å². The normalized spacial score (nSPS) is 14.8. The zero-order chi connectivity index (χ0) is 15.5. The molecule has 2 amide bonds. The van der Waals surface area contributed by atoms with E-state index in [2.05, 4.69) is 5.32 Å². The number of fused-ring (bicyclic) bond motifs is 1. The van der Waals surface area contributed by atoms with E-state index in [0.717, 1.165) is 10.6 Å². The summed E-state index contributed by atoms with van der Waals surface area (Å²) in [5.41, 5.74) is 0.760. The predicted octanol–water partition coefficient (Wildman–Crippen LogP) is 2.82. The van der Waals surface area contributed by atoms with Crippen LogP contribution in [0.25, 0.3) is 0 Å². The third-order valence-corrected chi connectivity index (χ3v) is 4.16.